The van der Waals surface area contributed by atoms with Gasteiger partial charge in [-0.15, -0.1) is 0 Å². The summed E-state index contributed by atoms with van der Waals surface area (Å²) >= 11 is 0. The first-order valence-electron chi connectivity index (χ1n) is 8.06. The number of nitrogens with zero attached hydrogens (tertiary/aromatic N) is 1. The Hall–Kier alpha value is -0.570. The van der Waals surface area contributed by atoms with Crippen molar-refractivity contribution in [2.24, 2.45) is 11.8 Å². The van der Waals surface area contributed by atoms with Crippen molar-refractivity contribution in [1.82, 2.24) is 4.90 Å². The molecular formula is C16H31NO2. The fourth-order valence-electron chi connectivity index (χ4n) is 3.07. The van der Waals surface area contributed by atoms with Crippen LogP contribution >= 0.6 is 0 Å². The second-order valence-electron chi connectivity index (χ2n) is 6.08. The summed E-state index contributed by atoms with van der Waals surface area (Å²) in [7, 11) is 0. The minimum Gasteiger partial charge on any atom is -0.384 e. The van der Waals surface area contributed by atoms with E-state index >= 15 is 0 Å². The topological polar surface area (TPSA) is 40.5 Å². The molecule has 1 unspecified atom stereocenters. The van der Waals surface area contributed by atoms with E-state index in [2.05, 4.69) is 13.8 Å². The van der Waals surface area contributed by atoms with Crippen molar-refractivity contribution in [1.29, 1.82) is 0 Å². The summed E-state index contributed by atoms with van der Waals surface area (Å²) < 4.78 is 0. The van der Waals surface area contributed by atoms with Gasteiger partial charge in [0.25, 0.3) is 5.91 Å². The number of unbranched alkanes of at least 4 members (excludes halogenated alkanes) is 3. The van der Waals surface area contributed by atoms with Crippen LogP contribution in [0.4, 0.5) is 0 Å². The lowest BCUT2D eigenvalue weighted by molar-refractivity contribution is -0.147. The zero-order chi connectivity index (χ0) is 14.3. The molecule has 0 aromatic heterocycles. The fraction of sp³-hybridized carbons (Fsp3) is 0.938. The summed E-state index contributed by atoms with van der Waals surface area (Å²) in [6, 6.07) is 0. The van der Waals surface area contributed by atoms with Gasteiger partial charge in [0, 0.05) is 13.1 Å². The van der Waals surface area contributed by atoms with Crippen LogP contribution in [0.3, 0.4) is 0 Å². The molecule has 0 spiro atoms. The zero-order valence-electron chi connectivity index (χ0n) is 12.9. The van der Waals surface area contributed by atoms with Gasteiger partial charge in [-0.05, 0) is 18.8 Å². The molecule has 19 heavy (non-hydrogen) atoms. The molecule has 0 saturated carbocycles. The average molecular weight is 269 g/mol. The highest BCUT2D eigenvalue weighted by Gasteiger charge is 2.36. The Morgan fingerprint density at radius 3 is 2.37 bits per heavy atom. The lowest BCUT2D eigenvalue weighted by Gasteiger charge is -2.44. The maximum Gasteiger partial charge on any atom is 0.251 e. The highest BCUT2D eigenvalue weighted by atomic mass is 16.3. The summed E-state index contributed by atoms with van der Waals surface area (Å²) in [5.74, 6) is 1.35. The normalized spacial score (nSPS) is 19.1. The molecular weight excluding hydrogens is 238 g/mol. The molecule has 3 heteroatoms. The molecule has 112 valence electrons. The van der Waals surface area contributed by atoms with Crippen LogP contribution < -0.4 is 0 Å². The number of amides is 1. The molecule has 0 aromatic carbocycles. The maximum absolute atomic E-state index is 11.6. The van der Waals surface area contributed by atoms with Crippen LogP contribution in [0.1, 0.15) is 65.7 Å². The van der Waals surface area contributed by atoms with Gasteiger partial charge in [0.1, 0.15) is 6.10 Å². The molecule has 0 radical (unpaired) electrons. The van der Waals surface area contributed by atoms with Crippen molar-refractivity contribution in [2.75, 3.05) is 13.1 Å². The van der Waals surface area contributed by atoms with Crippen LogP contribution in [0.15, 0.2) is 0 Å². The van der Waals surface area contributed by atoms with Gasteiger partial charge in [0.05, 0.1) is 0 Å². The van der Waals surface area contributed by atoms with Crippen molar-refractivity contribution < 1.29 is 9.90 Å². The number of aliphatic hydroxyl groups is 1. The molecule has 1 fully saturated rings. The van der Waals surface area contributed by atoms with Crippen molar-refractivity contribution in [3.63, 3.8) is 0 Å². The van der Waals surface area contributed by atoms with Gasteiger partial charge in [0.15, 0.2) is 0 Å². The second-order valence-corrected chi connectivity index (χ2v) is 6.08. The van der Waals surface area contributed by atoms with Crippen LogP contribution in [0.5, 0.6) is 0 Å². The number of likely N-dealkylation sites (tertiary alicyclic amines) is 1. The first kappa shape index (κ1) is 16.5. The van der Waals surface area contributed by atoms with Gasteiger partial charge in [-0.25, -0.2) is 0 Å². The number of carbonyl (C=O) groups is 1. The Morgan fingerprint density at radius 1 is 1.16 bits per heavy atom. The third-order valence-electron chi connectivity index (χ3n) is 4.33. The quantitative estimate of drug-likeness (QED) is 0.653. The summed E-state index contributed by atoms with van der Waals surface area (Å²) in [4.78, 5) is 13.4. The highest BCUT2D eigenvalue weighted by molar-refractivity contribution is 5.80. The van der Waals surface area contributed by atoms with Crippen LogP contribution in [0.25, 0.3) is 0 Å². The standard InChI is InChI=1S/C16H31NO2/c1-4-6-7-8-10-14(9-5-2)15-11-17(12-15)16(19)13(3)18/h13-15,18H,4-12H2,1-3H3/t13-,14?/m1/s1. The van der Waals surface area contributed by atoms with E-state index in [9.17, 15) is 9.90 Å². The van der Waals surface area contributed by atoms with E-state index in [-0.39, 0.29) is 5.91 Å². The summed E-state index contributed by atoms with van der Waals surface area (Å²) in [5, 5.41) is 9.29. The first-order valence-corrected chi connectivity index (χ1v) is 8.06. The molecule has 1 saturated heterocycles. The van der Waals surface area contributed by atoms with E-state index in [4.69, 9.17) is 0 Å². The predicted octanol–water partition coefficient (Wildman–Crippen LogP) is 3.21. The van der Waals surface area contributed by atoms with Gasteiger partial charge in [-0.2, -0.15) is 0 Å². The number of hydrogen-bond acceptors (Lipinski definition) is 2. The van der Waals surface area contributed by atoms with Crippen LogP contribution in [0.2, 0.25) is 0 Å². The predicted molar refractivity (Wildman–Crippen MR) is 78.9 cm³/mol. The molecule has 1 heterocycles. The van der Waals surface area contributed by atoms with E-state index in [0.717, 1.165) is 19.0 Å². The zero-order valence-corrected chi connectivity index (χ0v) is 12.9. The molecule has 0 aromatic rings. The third-order valence-corrected chi connectivity index (χ3v) is 4.33. The SMILES string of the molecule is CCCCCCC(CCC)C1CN(C(=O)[C@@H](C)O)C1. The third kappa shape index (κ3) is 5.13. The molecule has 0 aliphatic carbocycles. The van der Waals surface area contributed by atoms with Gasteiger partial charge in [-0.3, -0.25) is 4.79 Å². The van der Waals surface area contributed by atoms with Crippen LogP contribution in [-0.4, -0.2) is 35.1 Å². The monoisotopic (exact) mass is 269 g/mol. The van der Waals surface area contributed by atoms with Crippen molar-refractivity contribution in [2.45, 2.75) is 71.8 Å². The number of rotatable bonds is 9. The molecule has 1 aliphatic rings. The maximum atomic E-state index is 11.6. The molecule has 2 atom stereocenters. The van der Waals surface area contributed by atoms with Crippen molar-refractivity contribution in [3.8, 4) is 0 Å². The van der Waals surface area contributed by atoms with Gasteiger partial charge in [0.2, 0.25) is 0 Å². The lowest BCUT2D eigenvalue weighted by Crippen LogP contribution is -2.55. The highest BCUT2D eigenvalue weighted by Crippen LogP contribution is 2.31. The minimum absolute atomic E-state index is 0.0996. The Kier molecular flexibility index (Phi) is 7.44. The van der Waals surface area contributed by atoms with Gasteiger partial charge < -0.3 is 10.0 Å². The van der Waals surface area contributed by atoms with Crippen LogP contribution in [0, 0.1) is 11.8 Å². The molecule has 1 amide bonds. The van der Waals surface area contributed by atoms with E-state index in [1.807, 2.05) is 4.90 Å². The lowest BCUT2D eigenvalue weighted by atomic mass is 9.79. The number of hydrogen-bond donors (Lipinski definition) is 1. The van der Waals surface area contributed by atoms with Crippen molar-refractivity contribution in [3.05, 3.63) is 0 Å². The summed E-state index contributed by atoms with van der Waals surface area (Å²) in [6.45, 7) is 7.78. The van der Waals surface area contributed by atoms with E-state index in [1.54, 1.807) is 6.92 Å². The summed E-state index contributed by atoms with van der Waals surface area (Å²) in [6.07, 6.45) is 8.31. The van der Waals surface area contributed by atoms with E-state index in [1.165, 1.54) is 44.9 Å². The summed E-state index contributed by atoms with van der Waals surface area (Å²) in [5.41, 5.74) is 0. The first-order chi connectivity index (χ1) is 9.10. The molecule has 3 nitrogen and oxygen atoms in total. The molecule has 1 N–H and O–H groups in total. The molecule has 1 rings (SSSR count). The Balaban J connectivity index is 2.28. The largest absolute Gasteiger partial charge is 0.384 e. The van der Waals surface area contributed by atoms with Crippen LogP contribution in [-0.2, 0) is 4.79 Å². The Labute approximate surface area is 118 Å². The Morgan fingerprint density at radius 2 is 1.84 bits per heavy atom. The number of aliphatic hydroxyl groups excluding tert-OH is 1. The van der Waals surface area contributed by atoms with E-state index < -0.39 is 6.10 Å². The van der Waals surface area contributed by atoms with Crippen molar-refractivity contribution >= 4 is 5.91 Å². The van der Waals surface area contributed by atoms with E-state index in [0.29, 0.717) is 5.92 Å². The van der Waals surface area contributed by atoms with Gasteiger partial charge in [-0.1, -0.05) is 58.8 Å². The fourth-order valence-corrected chi connectivity index (χ4v) is 3.07. The molecule has 1 aliphatic heterocycles. The molecule has 0 bridgehead atoms. The Bertz CT molecular complexity index is 259. The second kappa shape index (κ2) is 8.57. The minimum atomic E-state index is -0.838. The average Bonchev–Trinajstić information content (AvgIpc) is 2.32. The number of carbonyl (C=O) groups excluding carboxylic acids is 1. The van der Waals surface area contributed by atoms with Gasteiger partial charge >= 0.3 is 0 Å². The smallest absolute Gasteiger partial charge is 0.251 e.